The van der Waals surface area contributed by atoms with Crippen molar-refractivity contribution in [2.24, 2.45) is 0 Å². The Labute approximate surface area is 191 Å². The number of nitrogens with one attached hydrogen (secondary N) is 1. The molecule has 0 radical (unpaired) electrons. The van der Waals surface area contributed by atoms with Gasteiger partial charge >= 0.3 is 0 Å². The monoisotopic (exact) mass is 448 g/mol. The number of fused-ring (bicyclic) bond motifs is 2. The molecule has 0 bridgehead atoms. The number of aryl methyl sites for hydroxylation is 1. The number of amides is 2. The van der Waals surface area contributed by atoms with E-state index >= 15 is 0 Å². The first-order valence-electron chi connectivity index (χ1n) is 11.8. The minimum absolute atomic E-state index is 0.0109. The van der Waals surface area contributed by atoms with Crippen LogP contribution in [0.15, 0.2) is 45.8 Å². The van der Waals surface area contributed by atoms with Crippen LogP contribution in [0.25, 0.3) is 10.9 Å². The molecule has 1 saturated heterocycles. The summed E-state index contributed by atoms with van der Waals surface area (Å²) in [6, 6.07) is 8.49. The molecule has 172 valence electrons. The first kappa shape index (κ1) is 21.4. The van der Waals surface area contributed by atoms with E-state index in [1.165, 1.54) is 6.26 Å². The summed E-state index contributed by atoms with van der Waals surface area (Å²) in [5.74, 6) is 0.858. The molecule has 0 atom stereocenters. The molecule has 2 aliphatic rings. The van der Waals surface area contributed by atoms with Crippen molar-refractivity contribution in [2.45, 2.75) is 57.5 Å². The number of likely N-dealkylation sites (tertiary alicyclic amines) is 1. The lowest BCUT2D eigenvalue weighted by Crippen LogP contribution is -2.46. The molecular formula is C25H28N4O4. The summed E-state index contributed by atoms with van der Waals surface area (Å²) >= 11 is 0. The van der Waals surface area contributed by atoms with Gasteiger partial charge in [-0.3, -0.25) is 19.0 Å². The fourth-order valence-corrected chi connectivity index (χ4v) is 4.79. The van der Waals surface area contributed by atoms with E-state index in [-0.39, 0.29) is 23.4 Å². The Hall–Kier alpha value is -3.42. The first-order valence-corrected chi connectivity index (χ1v) is 11.8. The van der Waals surface area contributed by atoms with Gasteiger partial charge in [0.2, 0.25) is 0 Å². The quantitative estimate of drug-likeness (QED) is 0.664. The fourth-order valence-electron chi connectivity index (χ4n) is 4.79. The van der Waals surface area contributed by atoms with Gasteiger partial charge in [0.15, 0.2) is 5.76 Å². The third kappa shape index (κ3) is 4.42. The highest BCUT2D eigenvalue weighted by Crippen LogP contribution is 2.18. The fraction of sp³-hybridized carbons (Fsp3) is 0.440. The second-order valence-corrected chi connectivity index (χ2v) is 8.90. The van der Waals surface area contributed by atoms with Gasteiger partial charge in [-0.1, -0.05) is 12.8 Å². The molecule has 2 amide bonds. The predicted octanol–water partition coefficient (Wildman–Crippen LogP) is 3.14. The second-order valence-electron chi connectivity index (χ2n) is 8.90. The van der Waals surface area contributed by atoms with Gasteiger partial charge in [0.05, 0.1) is 17.2 Å². The van der Waals surface area contributed by atoms with Crippen LogP contribution < -0.4 is 10.9 Å². The lowest BCUT2D eigenvalue weighted by Gasteiger charge is -2.31. The van der Waals surface area contributed by atoms with Gasteiger partial charge in [-0.2, -0.15) is 0 Å². The first-order chi connectivity index (χ1) is 16.1. The van der Waals surface area contributed by atoms with E-state index in [1.54, 1.807) is 39.8 Å². The number of aromatic nitrogens is 2. The van der Waals surface area contributed by atoms with E-state index in [0.717, 1.165) is 37.9 Å². The van der Waals surface area contributed by atoms with Crippen LogP contribution in [0.2, 0.25) is 0 Å². The predicted molar refractivity (Wildman–Crippen MR) is 123 cm³/mol. The van der Waals surface area contributed by atoms with E-state index in [0.29, 0.717) is 54.7 Å². The lowest BCUT2D eigenvalue weighted by atomic mass is 10.0. The van der Waals surface area contributed by atoms with E-state index < -0.39 is 0 Å². The van der Waals surface area contributed by atoms with Gasteiger partial charge in [-0.25, -0.2) is 4.98 Å². The van der Waals surface area contributed by atoms with E-state index in [9.17, 15) is 14.4 Å². The lowest BCUT2D eigenvalue weighted by molar-refractivity contribution is 0.0667. The molecule has 0 unspecified atom stereocenters. The average molecular weight is 449 g/mol. The zero-order valence-electron chi connectivity index (χ0n) is 18.6. The Balaban J connectivity index is 1.27. The molecule has 2 aliphatic heterocycles. The minimum atomic E-state index is -0.179. The molecule has 2 aromatic heterocycles. The zero-order valence-corrected chi connectivity index (χ0v) is 18.6. The summed E-state index contributed by atoms with van der Waals surface area (Å²) in [6.45, 7) is 1.83. The zero-order chi connectivity index (χ0) is 22.8. The van der Waals surface area contributed by atoms with Gasteiger partial charge in [0, 0.05) is 37.7 Å². The molecule has 3 aromatic rings. The normalized spacial score (nSPS) is 17.3. The molecule has 1 N–H and O–H groups in total. The third-order valence-electron chi connectivity index (χ3n) is 6.68. The maximum absolute atomic E-state index is 13.0. The van der Waals surface area contributed by atoms with Crippen molar-refractivity contribution >= 4 is 22.7 Å². The van der Waals surface area contributed by atoms with E-state index in [2.05, 4.69) is 5.32 Å². The van der Waals surface area contributed by atoms with Gasteiger partial charge in [-0.05, 0) is 56.0 Å². The van der Waals surface area contributed by atoms with Gasteiger partial charge in [0.25, 0.3) is 17.4 Å². The Morgan fingerprint density at radius 1 is 1.03 bits per heavy atom. The molecule has 8 nitrogen and oxygen atoms in total. The number of hydrogen-bond donors (Lipinski definition) is 1. The Bertz CT molecular complexity index is 1220. The van der Waals surface area contributed by atoms with Gasteiger partial charge in [-0.15, -0.1) is 0 Å². The summed E-state index contributed by atoms with van der Waals surface area (Å²) in [7, 11) is 0. The van der Waals surface area contributed by atoms with Crippen LogP contribution in [0, 0.1) is 0 Å². The Morgan fingerprint density at radius 2 is 1.85 bits per heavy atom. The summed E-state index contributed by atoms with van der Waals surface area (Å²) < 4.78 is 7.00. The van der Waals surface area contributed by atoms with Crippen LogP contribution in [0.5, 0.6) is 0 Å². The summed E-state index contributed by atoms with van der Waals surface area (Å²) in [5.41, 5.74) is 1.06. The molecule has 1 fully saturated rings. The van der Waals surface area contributed by atoms with Crippen LogP contribution in [0.4, 0.5) is 0 Å². The number of carbonyl (C=O) groups excluding carboxylic acids is 2. The van der Waals surface area contributed by atoms with Crippen LogP contribution in [-0.4, -0.2) is 45.4 Å². The van der Waals surface area contributed by atoms with Crippen molar-refractivity contribution in [2.75, 3.05) is 13.1 Å². The van der Waals surface area contributed by atoms with Crippen molar-refractivity contribution in [3.8, 4) is 0 Å². The van der Waals surface area contributed by atoms with Gasteiger partial charge in [0.1, 0.15) is 5.82 Å². The smallest absolute Gasteiger partial charge is 0.289 e. The SMILES string of the molecule is O=C(NC1CCN(C(=O)c2ccco2)CC1)c1ccc2c(=O)n3c(nc2c1)CCCCCC3. The highest BCUT2D eigenvalue weighted by atomic mass is 16.3. The largest absolute Gasteiger partial charge is 0.459 e. The molecule has 33 heavy (non-hydrogen) atoms. The number of rotatable bonds is 3. The summed E-state index contributed by atoms with van der Waals surface area (Å²) in [5, 5.41) is 3.63. The highest BCUT2D eigenvalue weighted by Gasteiger charge is 2.26. The maximum atomic E-state index is 13.0. The third-order valence-corrected chi connectivity index (χ3v) is 6.68. The molecule has 1 aromatic carbocycles. The van der Waals surface area contributed by atoms with Crippen LogP contribution in [0.1, 0.15) is 65.3 Å². The number of carbonyl (C=O) groups is 2. The molecule has 4 heterocycles. The molecule has 5 rings (SSSR count). The summed E-state index contributed by atoms with van der Waals surface area (Å²) in [4.78, 5) is 44.8. The average Bonchev–Trinajstić information content (AvgIpc) is 3.35. The van der Waals surface area contributed by atoms with Gasteiger partial charge < -0.3 is 14.6 Å². The van der Waals surface area contributed by atoms with Crippen LogP contribution >= 0.6 is 0 Å². The van der Waals surface area contributed by atoms with E-state index in [1.807, 2.05) is 0 Å². The van der Waals surface area contributed by atoms with Crippen molar-refractivity contribution in [1.82, 2.24) is 19.8 Å². The number of piperidine rings is 1. The number of furan rings is 1. The maximum Gasteiger partial charge on any atom is 0.289 e. The molecule has 0 saturated carbocycles. The van der Waals surface area contributed by atoms with Crippen molar-refractivity contribution in [3.63, 3.8) is 0 Å². The molecule has 0 aliphatic carbocycles. The highest BCUT2D eigenvalue weighted by molar-refractivity contribution is 5.98. The number of nitrogens with zero attached hydrogens (tertiary/aromatic N) is 3. The standard InChI is InChI=1S/C25H28N4O4/c30-23(26-18-10-13-28(14-11-18)25(32)21-6-5-15-33-21)17-8-9-19-20(16-17)27-22-7-3-1-2-4-12-29(22)24(19)31/h5-6,8-9,15-16,18H,1-4,7,10-14H2,(H,26,30). The number of benzene rings is 1. The topological polar surface area (TPSA) is 97.4 Å². The van der Waals surface area contributed by atoms with Crippen molar-refractivity contribution < 1.29 is 14.0 Å². The van der Waals surface area contributed by atoms with Crippen molar-refractivity contribution in [1.29, 1.82) is 0 Å². The molecular weight excluding hydrogens is 420 g/mol. The molecule has 8 heteroatoms. The van der Waals surface area contributed by atoms with Crippen LogP contribution in [0.3, 0.4) is 0 Å². The van der Waals surface area contributed by atoms with E-state index in [4.69, 9.17) is 9.40 Å². The second kappa shape index (κ2) is 9.21. The molecule has 0 spiro atoms. The Kier molecular flexibility index (Phi) is 5.98. The van der Waals surface area contributed by atoms with Crippen LogP contribution in [-0.2, 0) is 13.0 Å². The minimum Gasteiger partial charge on any atom is -0.459 e. The summed E-state index contributed by atoms with van der Waals surface area (Å²) in [6.07, 6.45) is 7.95. The Morgan fingerprint density at radius 3 is 2.64 bits per heavy atom. The number of hydrogen-bond acceptors (Lipinski definition) is 5. The van der Waals surface area contributed by atoms with Crippen molar-refractivity contribution in [3.05, 3.63) is 64.1 Å².